The maximum absolute atomic E-state index is 11.8. The van der Waals surface area contributed by atoms with Crippen molar-refractivity contribution in [2.75, 3.05) is 6.54 Å². The standard InChI is InChI=1S/C14H17BrN4OS/c1-2-16-8-9-3-6-11(7-12(9)15)21-14-18-17-13(20)19(14)10-4-5-10/h3,6-7,10,16H,2,4-5,8H2,1H3,(H,17,20). The van der Waals surface area contributed by atoms with Gasteiger partial charge in [0.1, 0.15) is 0 Å². The normalized spacial score (nSPS) is 14.6. The molecule has 0 amide bonds. The van der Waals surface area contributed by atoms with Crippen molar-refractivity contribution >= 4 is 27.7 Å². The lowest BCUT2D eigenvalue weighted by atomic mass is 10.2. The molecule has 2 N–H and O–H groups in total. The Bertz CT molecular complexity index is 693. The summed E-state index contributed by atoms with van der Waals surface area (Å²) in [5.74, 6) is 0. The van der Waals surface area contributed by atoms with Crippen LogP contribution >= 0.6 is 27.7 Å². The zero-order valence-electron chi connectivity index (χ0n) is 11.7. The fourth-order valence-corrected chi connectivity index (χ4v) is 3.73. The van der Waals surface area contributed by atoms with Gasteiger partial charge in [-0.25, -0.2) is 9.89 Å². The summed E-state index contributed by atoms with van der Waals surface area (Å²) in [6.07, 6.45) is 2.14. The van der Waals surface area contributed by atoms with Gasteiger partial charge in [0.15, 0.2) is 5.16 Å². The molecule has 1 saturated carbocycles. The van der Waals surface area contributed by atoms with Gasteiger partial charge in [-0.3, -0.25) is 4.57 Å². The van der Waals surface area contributed by atoms with Crippen LogP contribution in [0.4, 0.5) is 0 Å². The molecular formula is C14H17BrN4OS. The molecule has 0 saturated heterocycles. The van der Waals surface area contributed by atoms with Crippen molar-refractivity contribution in [1.29, 1.82) is 0 Å². The van der Waals surface area contributed by atoms with E-state index in [1.54, 1.807) is 4.57 Å². The molecule has 1 heterocycles. The molecule has 2 aromatic rings. The summed E-state index contributed by atoms with van der Waals surface area (Å²) < 4.78 is 2.84. The van der Waals surface area contributed by atoms with Gasteiger partial charge in [0.2, 0.25) is 0 Å². The third-order valence-electron chi connectivity index (χ3n) is 3.38. The second-order valence-corrected chi connectivity index (χ2v) is 6.94. The molecule has 1 aliphatic carbocycles. The second kappa shape index (κ2) is 6.37. The van der Waals surface area contributed by atoms with Crippen molar-refractivity contribution in [2.45, 2.75) is 42.4 Å². The van der Waals surface area contributed by atoms with Gasteiger partial charge in [0.05, 0.1) is 0 Å². The van der Waals surface area contributed by atoms with E-state index in [0.717, 1.165) is 40.5 Å². The number of benzene rings is 1. The average molecular weight is 369 g/mol. The van der Waals surface area contributed by atoms with E-state index < -0.39 is 0 Å². The zero-order valence-corrected chi connectivity index (χ0v) is 14.1. The Morgan fingerprint density at radius 1 is 1.52 bits per heavy atom. The monoisotopic (exact) mass is 368 g/mol. The summed E-state index contributed by atoms with van der Waals surface area (Å²) in [7, 11) is 0. The first-order valence-electron chi connectivity index (χ1n) is 7.03. The number of aromatic nitrogens is 3. The maximum Gasteiger partial charge on any atom is 0.344 e. The highest BCUT2D eigenvalue weighted by Gasteiger charge is 2.28. The molecule has 0 aliphatic heterocycles. The maximum atomic E-state index is 11.8. The molecule has 112 valence electrons. The van der Waals surface area contributed by atoms with Crippen molar-refractivity contribution in [3.8, 4) is 0 Å². The first kappa shape index (κ1) is 14.9. The number of rotatable bonds is 6. The Labute approximate surface area is 135 Å². The van der Waals surface area contributed by atoms with Crippen LogP contribution in [0.2, 0.25) is 0 Å². The molecule has 0 bridgehead atoms. The van der Waals surface area contributed by atoms with E-state index in [2.05, 4.69) is 56.6 Å². The van der Waals surface area contributed by atoms with Gasteiger partial charge in [-0.15, -0.1) is 5.10 Å². The van der Waals surface area contributed by atoms with Crippen LogP contribution in [0.15, 0.2) is 37.5 Å². The minimum atomic E-state index is -0.108. The molecule has 0 radical (unpaired) electrons. The minimum Gasteiger partial charge on any atom is -0.313 e. The third-order valence-corrected chi connectivity index (χ3v) is 5.08. The Morgan fingerprint density at radius 2 is 2.33 bits per heavy atom. The highest BCUT2D eigenvalue weighted by atomic mass is 79.9. The summed E-state index contributed by atoms with van der Waals surface area (Å²) in [6.45, 7) is 3.88. The molecule has 1 aromatic heterocycles. The molecule has 7 heteroatoms. The van der Waals surface area contributed by atoms with Crippen LogP contribution in [0.1, 0.15) is 31.4 Å². The van der Waals surface area contributed by atoms with Crippen molar-refractivity contribution in [2.24, 2.45) is 0 Å². The number of hydrogen-bond acceptors (Lipinski definition) is 4. The van der Waals surface area contributed by atoms with E-state index in [1.165, 1.54) is 17.3 Å². The predicted octanol–water partition coefficient (Wildman–Crippen LogP) is 2.93. The van der Waals surface area contributed by atoms with E-state index in [9.17, 15) is 4.79 Å². The van der Waals surface area contributed by atoms with Crippen LogP contribution in [-0.2, 0) is 6.54 Å². The molecule has 1 aliphatic rings. The summed E-state index contributed by atoms with van der Waals surface area (Å²) in [5, 5.41) is 10.7. The number of H-pyrrole nitrogens is 1. The van der Waals surface area contributed by atoms with Gasteiger partial charge in [0.25, 0.3) is 0 Å². The molecule has 5 nitrogen and oxygen atoms in total. The molecular weight excluding hydrogens is 352 g/mol. The van der Waals surface area contributed by atoms with Gasteiger partial charge in [-0.05, 0) is 48.8 Å². The van der Waals surface area contributed by atoms with Gasteiger partial charge >= 0.3 is 5.69 Å². The van der Waals surface area contributed by atoms with E-state index >= 15 is 0 Å². The second-order valence-electron chi connectivity index (χ2n) is 5.05. The summed E-state index contributed by atoms with van der Waals surface area (Å²) >= 11 is 5.13. The van der Waals surface area contributed by atoms with Gasteiger partial charge in [-0.2, -0.15) is 0 Å². The average Bonchev–Trinajstić information content (AvgIpc) is 3.23. The van der Waals surface area contributed by atoms with Crippen LogP contribution in [0.3, 0.4) is 0 Å². The van der Waals surface area contributed by atoms with Crippen molar-refractivity contribution in [3.63, 3.8) is 0 Å². The lowest BCUT2D eigenvalue weighted by Gasteiger charge is -2.08. The minimum absolute atomic E-state index is 0.108. The Hall–Kier alpha value is -1.05. The van der Waals surface area contributed by atoms with E-state index in [0.29, 0.717) is 6.04 Å². The molecule has 1 aromatic carbocycles. The number of aromatic amines is 1. The van der Waals surface area contributed by atoms with Gasteiger partial charge < -0.3 is 5.32 Å². The van der Waals surface area contributed by atoms with Crippen LogP contribution < -0.4 is 11.0 Å². The molecule has 1 fully saturated rings. The van der Waals surface area contributed by atoms with Crippen molar-refractivity contribution in [1.82, 2.24) is 20.1 Å². The molecule has 0 unspecified atom stereocenters. The molecule has 3 rings (SSSR count). The largest absolute Gasteiger partial charge is 0.344 e. The summed E-state index contributed by atoms with van der Waals surface area (Å²) in [4.78, 5) is 12.8. The van der Waals surface area contributed by atoms with E-state index in [4.69, 9.17) is 0 Å². The van der Waals surface area contributed by atoms with Crippen LogP contribution in [0, 0.1) is 0 Å². The highest BCUT2D eigenvalue weighted by Crippen LogP contribution is 2.38. The number of halogens is 1. The lowest BCUT2D eigenvalue weighted by molar-refractivity contribution is 0.642. The van der Waals surface area contributed by atoms with Crippen LogP contribution in [0.25, 0.3) is 0 Å². The number of nitrogens with zero attached hydrogens (tertiary/aromatic N) is 2. The predicted molar refractivity (Wildman–Crippen MR) is 86.8 cm³/mol. The topological polar surface area (TPSA) is 62.7 Å². The van der Waals surface area contributed by atoms with Crippen molar-refractivity contribution in [3.05, 3.63) is 38.7 Å². The number of hydrogen-bond donors (Lipinski definition) is 2. The smallest absolute Gasteiger partial charge is 0.313 e. The lowest BCUT2D eigenvalue weighted by Crippen LogP contribution is -2.16. The highest BCUT2D eigenvalue weighted by molar-refractivity contribution is 9.10. The Balaban J connectivity index is 1.79. The van der Waals surface area contributed by atoms with Crippen molar-refractivity contribution < 1.29 is 0 Å². The fraction of sp³-hybridized carbons (Fsp3) is 0.429. The first-order valence-corrected chi connectivity index (χ1v) is 8.64. The van der Waals surface area contributed by atoms with E-state index in [-0.39, 0.29) is 5.69 Å². The Morgan fingerprint density at radius 3 is 3.00 bits per heavy atom. The third kappa shape index (κ3) is 3.41. The quantitative estimate of drug-likeness (QED) is 0.822. The zero-order chi connectivity index (χ0) is 14.8. The fourth-order valence-electron chi connectivity index (χ4n) is 2.12. The molecule has 0 atom stereocenters. The van der Waals surface area contributed by atoms with Gasteiger partial charge in [-0.1, -0.05) is 28.9 Å². The van der Waals surface area contributed by atoms with E-state index in [1.807, 2.05) is 0 Å². The van der Waals surface area contributed by atoms with Crippen LogP contribution in [0.5, 0.6) is 0 Å². The SMILES string of the molecule is CCNCc1ccc(Sc2n[nH]c(=O)n2C2CC2)cc1Br. The summed E-state index contributed by atoms with van der Waals surface area (Å²) in [5.41, 5.74) is 1.12. The molecule has 21 heavy (non-hydrogen) atoms. The van der Waals surface area contributed by atoms with Gasteiger partial charge in [0, 0.05) is 22.0 Å². The summed E-state index contributed by atoms with van der Waals surface area (Å²) in [6, 6.07) is 6.57. The first-order chi connectivity index (χ1) is 10.2. The van der Waals surface area contributed by atoms with Crippen LogP contribution in [-0.4, -0.2) is 21.3 Å². The number of nitrogens with one attached hydrogen (secondary N) is 2. The Kier molecular flexibility index (Phi) is 4.51. The molecule has 0 spiro atoms.